The quantitative estimate of drug-likeness (QED) is 0.870. The van der Waals surface area contributed by atoms with Gasteiger partial charge in [-0.1, -0.05) is 17.7 Å². The van der Waals surface area contributed by atoms with Crippen LogP contribution in [0.1, 0.15) is 51.2 Å². The first-order valence-corrected chi connectivity index (χ1v) is 8.05. The Morgan fingerprint density at radius 1 is 1.42 bits per heavy atom. The van der Waals surface area contributed by atoms with Gasteiger partial charge < -0.3 is 15.2 Å². The van der Waals surface area contributed by atoms with Crippen LogP contribution in [0.3, 0.4) is 0 Å². The Bertz CT molecular complexity index is 653. The van der Waals surface area contributed by atoms with Gasteiger partial charge in [-0.2, -0.15) is 0 Å². The van der Waals surface area contributed by atoms with E-state index in [4.69, 9.17) is 4.74 Å². The molecule has 1 aromatic rings. The first kappa shape index (κ1) is 18.4. The van der Waals surface area contributed by atoms with Crippen LogP contribution in [-0.2, 0) is 15.1 Å². The van der Waals surface area contributed by atoms with Crippen molar-refractivity contribution in [2.75, 3.05) is 0 Å². The van der Waals surface area contributed by atoms with Crippen molar-refractivity contribution in [2.24, 2.45) is 0 Å². The van der Waals surface area contributed by atoms with E-state index in [1.807, 2.05) is 0 Å². The molecule has 0 heterocycles. The van der Waals surface area contributed by atoms with Crippen molar-refractivity contribution in [3.05, 3.63) is 35.1 Å². The molecule has 0 spiro atoms. The van der Waals surface area contributed by atoms with Crippen molar-refractivity contribution in [2.45, 2.75) is 64.2 Å². The summed E-state index contributed by atoms with van der Waals surface area (Å²) in [5.41, 5.74) is -1.55. The molecule has 1 aromatic carbocycles. The maximum Gasteiger partial charge on any atom is 0.408 e. The molecule has 0 bridgehead atoms. The van der Waals surface area contributed by atoms with E-state index < -0.39 is 34.9 Å². The Labute approximate surface area is 141 Å². The molecular formula is C18H24FNO4. The van der Waals surface area contributed by atoms with E-state index in [0.29, 0.717) is 12.8 Å². The number of alkyl carbamates (subject to hydrolysis) is 1. The van der Waals surface area contributed by atoms with Crippen LogP contribution >= 0.6 is 0 Å². The summed E-state index contributed by atoms with van der Waals surface area (Å²) in [6.45, 7) is 6.87. The molecule has 0 aromatic heterocycles. The molecule has 24 heavy (non-hydrogen) atoms. The number of hydrogen-bond donors (Lipinski definition) is 2. The summed E-state index contributed by atoms with van der Waals surface area (Å²) in [5, 5.41) is 12.6. The molecule has 1 saturated carbocycles. The number of amides is 1. The van der Waals surface area contributed by atoms with Crippen molar-refractivity contribution < 1.29 is 23.8 Å². The number of aliphatic hydroxyl groups excluding tert-OH is 1. The highest BCUT2D eigenvalue weighted by atomic mass is 19.1. The smallest absolute Gasteiger partial charge is 0.408 e. The summed E-state index contributed by atoms with van der Waals surface area (Å²) in [4.78, 5) is 25.0. The van der Waals surface area contributed by atoms with Gasteiger partial charge in [-0.15, -0.1) is 0 Å². The number of rotatable bonds is 2. The second kappa shape index (κ2) is 6.51. The first-order chi connectivity index (χ1) is 11.0. The second-order valence-corrected chi connectivity index (χ2v) is 7.29. The minimum Gasteiger partial charge on any atom is -0.444 e. The molecule has 1 aliphatic carbocycles. The number of carbonyl (C=O) groups is 2. The van der Waals surface area contributed by atoms with Crippen LogP contribution in [0.4, 0.5) is 9.18 Å². The van der Waals surface area contributed by atoms with Gasteiger partial charge in [0.25, 0.3) is 0 Å². The number of halogens is 1. The predicted molar refractivity (Wildman–Crippen MR) is 87.0 cm³/mol. The summed E-state index contributed by atoms with van der Waals surface area (Å²) in [5.74, 6) is -1.21. The molecule has 2 rings (SSSR count). The molecule has 1 fully saturated rings. The standard InChI is InChI=1S/C18H24FNO4/c1-11-7-8-13(19)12(10-11)18(9-5-6-14(21)15(18)22)20-16(23)24-17(2,3)4/h7-8,10,14,21H,5-6,9H2,1-4H3,(H,20,23). The van der Waals surface area contributed by atoms with Gasteiger partial charge in [0.2, 0.25) is 0 Å². The number of hydrogen-bond acceptors (Lipinski definition) is 4. The average Bonchev–Trinajstić information content (AvgIpc) is 2.44. The van der Waals surface area contributed by atoms with E-state index in [2.05, 4.69) is 5.32 Å². The molecule has 2 unspecified atom stereocenters. The molecule has 5 nitrogen and oxygen atoms in total. The largest absolute Gasteiger partial charge is 0.444 e. The van der Waals surface area contributed by atoms with Crippen molar-refractivity contribution in [3.63, 3.8) is 0 Å². The topological polar surface area (TPSA) is 75.6 Å². The highest BCUT2D eigenvalue weighted by Crippen LogP contribution is 2.37. The van der Waals surface area contributed by atoms with E-state index in [1.54, 1.807) is 33.8 Å². The second-order valence-electron chi connectivity index (χ2n) is 7.29. The molecule has 0 radical (unpaired) electrons. The van der Waals surface area contributed by atoms with E-state index in [9.17, 15) is 19.1 Å². The van der Waals surface area contributed by atoms with Crippen LogP contribution in [0.2, 0.25) is 0 Å². The molecule has 1 amide bonds. The fourth-order valence-corrected chi connectivity index (χ4v) is 3.00. The van der Waals surface area contributed by atoms with Crippen LogP contribution in [0.25, 0.3) is 0 Å². The van der Waals surface area contributed by atoms with Gasteiger partial charge >= 0.3 is 6.09 Å². The van der Waals surface area contributed by atoms with Crippen LogP contribution in [-0.4, -0.2) is 28.7 Å². The number of nitrogens with one attached hydrogen (secondary N) is 1. The van der Waals surface area contributed by atoms with Gasteiger partial charge in [0.05, 0.1) is 0 Å². The van der Waals surface area contributed by atoms with Crippen LogP contribution in [0, 0.1) is 12.7 Å². The molecule has 2 N–H and O–H groups in total. The van der Waals surface area contributed by atoms with E-state index in [0.717, 1.165) is 5.56 Å². The van der Waals surface area contributed by atoms with Gasteiger partial charge in [-0.05, 0) is 53.0 Å². The summed E-state index contributed by atoms with van der Waals surface area (Å²) in [7, 11) is 0. The molecule has 0 aliphatic heterocycles. The minimum atomic E-state index is -1.61. The average molecular weight is 337 g/mol. The van der Waals surface area contributed by atoms with E-state index in [1.165, 1.54) is 12.1 Å². The SMILES string of the molecule is Cc1ccc(F)c(C2(NC(=O)OC(C)(C)C)CCCC(O)C2=O)c1. The maximum absolute atomic E-state index is 14.5. The molecular weight excluding hydrogens is 313 g/mol. The lowest BCUT2D eigenvalue weighted by Crippen LogP contribution is -2.58. The summed E-state index contributed by atoms with van der Waals surface area (Å²) < 4.78 is 19.7. The van der Waals surface area contributed by atoms with Gasteiger partial charge in [0.1, 0.15) is 23.1 Å². The molecule has 132 valence electrons. The van der Waals surface area contributed by atoms with E-state index >= 15 is 0 Å². The van der Waals surface area contributed by atoms with Crippen molar-refractivity contribution in [1.29, 1.82) is 0 Å². The zero-order valence-electron chi connectivity index (χ0n) is 14.5. The Morgan fingerprint density at radius 2 is 2.08 bits per heavy atom. The monoisotopic (exact) mass is 337 g/mol. The lowest BCUT2D eigenvalue weighted by molar-refractivity contribution is -0.138. The highest BCUT2D eigenvalue weighted by Gasteiger charge is 2.49. The number of ketones is 1. The van der Waals surface area contributed by atoms with Crippen molar-refractivity contribution >= 4 is 11.9 Å². The van der Waals surface area contributed by atoms with Gasteiger partial charge in [0.15, 0.2) is 5.78 Å². The Morgan fingerprint density at radius 3 is 2.71 bits per heavy atom. The van der Waals surface area contributed by atoms with Gasteiger partial charge in [0, 0.05) is 5.56 Å². The number of aliphatic hydroxyl groups is 1. The fraction of sp³-hybridized carbons (Fsp3) is 0.556. The van der Waals surface area contributed by atoms with Crippen molar-refractivity contribution in [3.8, 4) is 0 Å². The molecule has 6 heteroatoms. The normalized spacial score (nSPS) is 24.6. The minimum absolute atomic E-state index is 0.0668. The zero-order valence-corrected chi connectivity index (χ0v) is 14.5. The molecule has 2 atom stereocenters. The third-order valence-electron chi connectivity index (χ3n) is 4.05. The van der Waals surface area contributed by atoms with Crippen LogP contribution < -0.4 is 5.32 Å². The number of Topliss-reactive ketones (excluding diaryl/α,β-unsaturated/α-hetero) is 1. The number of carbonyl (C=O) groups excluding carboxylic acids is 2. The maximum atomic E-state index is 14.5. The first-order valence-electron chi connectivity index (χ1n) is 8.05. The fourth-order valence-electron chi connectivity index (χ4n) is 3.00. The highest BCUT2D eigenvalue weighted by molar-refractivity contribution is 5.96. The van der Waals surface area contributed by atoms with E-state index in [-0.39, 0.29) is 12.0 Å². The number of benzene rings is 1. The summed E-state index contributed by atoms with van der Waals surface area (Å²) in [6, 6.07) is 4.38. The van der Waals surface area contributed by atoms with Crippen LogP contribution in [0.5, 0.6) is 0 Å². The third-order valence-corrected chi connectivity index (χ3v) is 4.05. The Balaban J connectivity index is 2.48. The lowest BCUT2D eigenvalue weighted by atomic mass is 9.73. The number of aryl methyl sites for hydroxylation is 1. The van der Waals surface area contributed by atoms with Gasteiger partial charge in [-0.25, -0.2) is 9.18 Å². The van der Waals surface area contributed by atoms with Crippen molar-refractivity contribution in [1.82, 2.24) is 5.32 Å². The Kier molecular flexibility index (Phi) is 4.99. The Hall–Kier alpha value is -1.95. The molecule has 1 aliphatic rings. The number of ether oxygens (including phenoxy) is 1. The predicted octanol–water partition coefficient (Wildman–Crippen LogP) is 2.97. The summed E-state index contributed by atoms with van der Waals surface area (Å²) >= 11 is 0. The van der Waals surface area contributed by atoms with Crippen LogP contribution in [0.15, 0.2) is 18.2 Å². The van der Waals surface area contributed by atoms with Gasteiger partial charge in [-0.3, -0.25) is 4.79 Å². The third kappa shape index (κ3) is 3.75. The molecule has 0 saturated heterocycles. The zero-order chi connectivity index (χ0) is 18.1. The summed E-state index contributed by atoms with van der Waals surface area (Å²) in [6.07, 6.45) is -1.07. The lowest BCUT2D eigenvalue weighted by Gasteiger charge is -2.39.